The molecular formula is C14H24N6O. The Morgan fingerprint density at radius 2 is 1.86 bits per heavy atom. The summed E-state index contributed by atoms with van der Waals surface area (Å²) in [5, 5.41) is 11.6. The molecule has 0 saturated carbocycles. The van der Waals surface area contributed by atoms with Crippen LogP contribution in [0.15, 0.2) is 0 Å². The van der Waals surface area contributed by atoms with E-state index in [1.807, 2.05) is 18.9 Å². The van der Waals surface area contributed by atoms with Crippen LogP contribution in [-0.4, -0.2) is 65.8 Å². The second-order valence-electron chi connectivity index (χ2n) is 5.20. The van der Waals surface area contributed by atoms with Crippen molar-refractivity contribution < 1.29 is 4.79 Å². The van der Waals surface area contributed by atoms with E-state index in [0.717, 1.165) is 50.4 Å². The lowest BCUT2D eigenvalue weighted by atomic mass is 10.2. The molecule has 1 aromatic heterocycles. The minimum absolute atomic E-state index is 0.111. The molecule has 7 nitrogen and oxygen atoms in total. The van der Waals surface area contributed by atoms with Crippen LogP contribution in [0.4, 0.5) is 5.95 Å². The number of nitrogens with one attached hydrogen (secondary N) is 1. The molecule has 1 N–H and O–H groups in total. The summed E-state index contributed by atoms with van der Waals surface area (Å²) in [6, 6.07) is 0. The van der Waals surface area contributed by atoms with Gasteiger partial charge in [0.1, 0.15) is 0 Å². The molecule has 1 aliphatic heterocycles. The molecule has 0 bridgehead atoms. The summed E-state index contributed by atoms with van der Waals surface area (Å²) in [6.45, 7) is 7.64. The molecule has 2 rings (SSSR count). The molecule has 21 heavy (non-hydrogen) atoms. The van der Waals surface area contributed by atoms with Gasteiger partial charge in [-0.05, 0) is 12.8 Å². The zero-order valence-electron chi connectivity index (χ0n) is 13.1. The van der Waals surface area contributed by atoms with Crippen molar-refractivity contribution in [1.82, 2.24) is 25.4 Å². The van der Waals surface area contributed by atoms with Crippen LogP contribution in [0.1, 0.15) is 25.2 Å². The first-order valence-corrected chi connectivity index (χ1v) is 7.57. The second-order valence-corrected chi connectivity index (χ2v) is 5.20. The Hall–Kier alpha value is -1.76. The maximum Gasteiger partial charge on any atom is 0.245 e. The summed E-state index contributed by atoms with van der Waals surface area (Å²) in [4.78, 5) is 20.4. The molecule has 1 amide bonds. The van der Waals surface area contributed by atoms with Crippen LogP contribution < -0.4 is 10.2 Å². The third-order valence-electron chi connectivity index (χ3n) is 3.68. The first-order valence-electron chi connectivity index (χ1n) is 7.57. The topological polar surface area (TPSA) is 74.2 Å². The molecule has 0 radical (unpaired) electrons. The quantitative estimate of drug-likeness (QED) is 0.814. The first-order chi connectivity index (χ1) is 10.2. The number of amides is 1. The molecule has 116 valence electrons. The van der Waals surface area contributed by atoms with Crippen molar-refractivity contribution >= 4 is 11.9 Å². The lowest BCUT2D eigenvalue weighted by Crippen LogP contribution is -2.49. The summed E-state index contributed by atoms with van der Waals surface area (Å²) in [5.41, 5.74) is 1.90. The van der Waals surface area contributed by atoms with Gasteiger partial charge in [-0.15, -0.1) is 5.10 Å². The molecule has 7 heteroatoms. The van der Waals surface area contributed by atoms with Crippen molar-refractivity contribution in [3.05, 3.63) is 11.4 Å². The van der Waals surface area contributed by atoms with Crippen LogP contribution in [0.3, 0.4) is 0 Å². The van der Waals surface area contributed by atoms with Crippen molar-refractivity contribution in [3.8, 4) is 0 Å². The smallest absolute Gasteiger partial charge is 0.245 e. The Labute approximate surface area is 125 Å². The molecule has 0 aliphatic carbocycles. The largest absolute Gasteiger partial charge is 0.339 e. The molecule has 1 saturated heterocycles. The number of carbonyl (C=O) groups excluding carboxylic acids is 1. The lowest BCUT2D eigenvalue weighted by molar-refractivity contribution is -0.130. The number of nitrogens with zero attached hydrogens (tertiary/aromatic N) is 5. The Bertz CT molecular complexity index is 486. The summed E-state index contributed by atoms with van der Waals surface area (Å²) in [7, 11) is 1.84. The van der Waals surface area contributed by atoms with E-state index in [9.17, 15) is 4.79 Å². The number of hydrogen-bond donors (Lipinski definition) is 1. The lowest BCUT2D eigenvalue weighted by Gasteiger charge is -2.29. The van der Waals surface area contributed by atoms with Gasteiger partial charge < -0.3 is 15.1 Å². The minimum Gasteiger partial charge on any atom is -0.339 e. The molecule has 0 unspecified atom stereocenters. The summed E-state index contributed by atoms with van der Waals surface area (Å²) in [6.07, 6.45) is 1.65. The molecule has 1 fully saturated rings. The fraction of sp³-hybridized carbons (Fsp3) is 0.714. The monoisotopic (exact) mass is 292 g/mol. The summed E-state index contributed by atoms with van der Waals surface area (Å²) >= 11 is 0. The van der Waals surface area contributed by atoms with Gasteiger partial charge in [0.05, 0.1) is 17.9 Å². The third-order valence-corrected chi connectivity index (χ3v) is 3.68. The molecule has 0 spiro atoms. The van der Waals surface area contributed by atoms with E-state index >= 15 is 0 Å². The fourth-order valence-corrected chi connectivity index (χ4v) is 2.38. The van der Waals surface area contributed by atoms with Gasteiger partial charge in [0.15, 0.2) is 0 Å². The molecule has 1 aliphatic rings. The maximum absolute atomic E-state index is 12.2. The van der Waals surface area contributed by atoms with Gasteiger partial charge in [-0.25, -0.2) is 4.98 Å². The average Bonchev–Trinajstić information content (AvgIpc) is 2.54. The van der Waals surface area contributed by atoms with Crippen LogP contribution >= 0.6 is 0 Å². The van der Waals surface area contributed by atoms with Gasteiger partial charge >= 0.3 is 0 Å². The second kappa shape index (κ2) is 7.31. The van der Waals surface area contributed by atoms with E-state index in [1.54, 1.807) is 4.90 Å². The van der Waals surface area contributed by atoms with E-state index in [0.29, 0.717) is 5.95 Å². The average molecular weight is 292 g/mol. The van der Waals surface area contributed by atoms with Gasteiger partial charge in [-0.1, -0.05) is 13.8 Å². The Morgan fingerprint density at radius 3 is 2.48 bits per heavy atom. The van der Waals surface area contributed by atoms with Crippen LogP contribution in [0.5, 0.6) is 0 Å². The van der Waals surface area contributed by atoms with E-state index in [1.165, 1.54) is 0 Å². The molecule has 1 aromatic rings. The SMILES string of the molecule is CCc1nnc(N(C)CC(=O)N2CCNCC2)nc1CC. The molecule has 0 aromatic carbocycles. The van der Waals surface area contributed by atoms with Gasteiger partial charge in [0.25, 0.3) is 0 Å². The minimum atomic E-state index is 0.111. The third kappa shape index (κ3) is 3.87. The Morgan fingerprint density at radius 1 is 1.19 bits per heavy atom. The number of rotatable bonds is 5. The van der Waals surface area contributed by atoms with Crippen molar-refractivity contribution in [2.24, 2.45) is 0 Å². The van der Waals surface area contributed by atoms with Crippen molar-refractivity contribution in [2.45, 2.75) is 26.7 Å². The van der Waals surface area contributed by atoms with Gasteiger partial charge in [0, 0.05) is 33.2 Å². The number of likely N-dealkylation sites (N-methyl/N-ethyl adjacent to an activating group) is 1. The van der Waals surface area contributed by atoms with E-state index in [4.69, 9.17) is 0 Å². The normalized spacial score (nSPS) is 15.1. The van der Waals surface area contributed by atoms with E-state index < -0.39 is 0 Å². The standard InChI is InChI=1S/C14H24N6O/c1-4-11-12(5-2)17-18-14(16-11)19(3)10-13(21)20-8-6-15-7-9-20/h15H,4-10H2,1-3H3. The number of aromatic nitrogens is 3. The van der Waals surface area contributed by atoms with Crippen LogP contribution in [-0.2, 0) is 17.6 Å². The van der Waals surface area contributed by atoms with Crippen molar-refractivity contribution in [2.75, 3.05) is 44.7 Å². The van der Waals surface area contributed by atoms with Gasteiger partial charge in [-0.3, -0.25) is 4.79 Å². The Balaban J connectivity index is 2.02. The number of carbonyl (C=O) groups is 1. The highest BCUT2D eigenvalue weighted by Crippen LogP contribution is 2.10. The Kier molecular flexibility index (Phi) is 5.44. The molecule has 0 atom stereocenters. The van der Waals surface area contributed by atoms with Crippen molar-refractivity contribution in [3.63, 3.8) is 0 Å². The van der Waals surface area contributed by atoms with Crippen LogP contribution in [0.2, 0.25) is 0 Å². The maximum atomic E-state index is 12.2. The highest BCUT2D eigenvalue weighted by Gasteiger charge is 2.19. The number of piperazine rings is 1. The zero-order chi connectivity index (χ0) is 15.2. The highest BCUT2D eigenvalue weighted by molar-refractivity contribution is 5.80. The number of hydrogen-bond acceptors (Lipinski definition) is 6. The highest BCUT2D eigenvalue weighted by atomic mass is 16.2. The predicted octanol–water partition coefficient (Wildman–Crippen LogP) is -0.136. The van der Waals surface area contributed by atoms with Gasteiger partial charge in [0.2, 0.25) is 11.9 Å². The summed E-state index contributed by atoms with van der Waals surface area (Å²) in [5.74, 6) is 0.632. The fourth-order valence-electron chi connectivity index (χ4n) is 2.38. The van der Waals surface area contributed by atoms with Crippen molar-refractivity contribution in [1.29, 1.82) is 0 Å². The zero-order valence-corrected chi connectivity index (χ0v) is 13.1. The van der Waals surface area contributed by atoms with E-state index in [-0.39, 0.29) is 12.5 Å². The predicted molar refractivity (Wildman–Crippen MR) is 81.3 cm³/mol. The number of aryl methyl sites for hydroxylation is 2. The van der Waals surface area contributed by atoms with Gasteiger partial charge in [-0.2, -0.15) is 5.10 Å². The molecular weight excluding hydrogens is 268 g/mol. The van der Waals surface area contributed by atoms with E-state index in [2.05, 4.69) is 27.4 Å². The summed E-state index contributed by atoms with van der Waals surface area (Å²) < 4.78 is 0. The number of anilines is 1. The molecule has 2 heterocycles. The first kappa shape index (κ1) is 15.6. The van der Waals surface area contributed by atoms with Crippen LogP contribution in [0, 0.1) is 0 Å². The van der Waals surface area contributed by atoms with Crippen LogP contribution in [0.25, 0.3) is 0 Å².